The Morgan fingerprint density at radius 3 is 2.50 bits per heavy atom. The van der Waals surface area contributed by atoms with E-state index in [0.29, 0.717) is 18.7 Å². The predicted molar refractivity (Wildman–Crippen MR) is 73.1 cm³/mol. The van der Waals surface area contributed by atoms with Crippen LogP contribution in [0.3, 0.4) is 0 Å². The van der Waals surface area contributed by atoms with E-state index < -0.39 is 0 Å². The number of nitrogens with one attached hydrogen (secondary N) is 1. The summed E-state index contributed by atoms with van der Waals surface area (Å²) in [7, 11) is 0. The number of rotatable bonds is 6. The van der Waals surface area contributed by atoms with E-state index in [1.54, 1.807) is 12.1 Å². The molecule has 1 unspecified atom stereocenters. The Morgan fingerprint density at radius 2 is 1.94 bits per heavy atom. The van der Waals surface area contributed by atoms with Gasteiger partial charge in [-0.15, -0.1) is 0 Å². The average molecular weight is 253 g/mol. The molecule has 102 valence electrons. The predicted octanol–water partition coefficient (Wildman–Crippen LogP) is 3.68. The second-order valence-electron chi connectivity index (χ2n) is 5.51. The summed E-state index contributed by atoms with van der Waals surface area (Å²) < 4.78 is 19.5. The van der Waals surface area contributed by atoms with Crippen LogP contribution < -0.4 is 5.32 Å². The molecule has 0 radical (unpaired) electrons. The Balaban J connectivity index is 2.75. The Bertz CT molecular complexity index is 360. The molecule has 1 aromatic carbocycles. The summed E-state index contributed by atoms with van der Waals surface area (Å²) in [5, 5.41) is 3.36. The molecule has 0 amide bonds. The fraction of sp³-hybridized carbons (Fsp3) is 0.600. The lowest BCUT2D eigenvalue weighted by molar-refractivity contribution is 0.0463. The van der Waals surface area contributed by atoms with Crippen molar-refractivity contribution in [2.24, 2.45) is 0 Å². The first kappa shape index (κ1) is 15.1. The molecule has 0 aliphatic rings. The molecule has 0 saturated carbocycles. The van der Waals surface area contributed by atoms with Gasteiger partial charge in [-0.05, 0) is 33.3 Å². The van der Waals surface area contributed by atoms with Gasteiger partial charge in [-0.3, -0.25) is 0 Å². The molecule has 0 fully saturated rings. The van der Waals surface area contributed by atoms with Gasteiger partial charge in [0.15, 0.2) is 0 Å². The van der Waals surface area contributed by atoms with Gasteiger partial charge in [0.1, 0.15) is 5.82 Å². The summed E-state index contributed by atoms with van der Waals surface area (Å²) in [4.78, 5) is 0. The van der Waals surface area contributed by atoms with Gasteiger partial charge in [-0.1, -0.05) is 25.1 Å². The van der Waals surface area contributed by atoms with Crippen molar-refractivity contribution >= 4 is 0 Å². The van der Waals surface area contributed by atoms with Crippen LogP contribution in [-0.4, -0.2) is 18.7 Å². The minimum Gasteiger partial charge on any atom is -0.372 e. The lowest BCUT2D eigenvalue weighted by atomic mass is 10.1. The zero-order chi connectivity index (χ0) is 13.6. The van der Waals surface area contributed by atoms with Crippen molar-refractivity contribution in [1.82, 2.24) is 5.32 Å². The van der Waals surface area contributed by atoms with Crippen molar-refractivity contribution in [1.29, 1.82) is 0 Å². The van der Waals surface area contributed by atoms with Crippen molar-refractivity contribution in [2.45, 2.75) is 45.8 Å². The number of ether oxygens (including phenoxy) is 1. The van der Waals surface area contributed by atoms with Crippen LogP contribution in [0.4, 0.5) is 4.39 Å². The zero-order valence-electron chi connectivity index (χ0n) is 11.8. The molecule has 2 nitrogen and oxygen atoms in total. The fourth-order valence-electron chi connectivity index (χ4n) is 1.65. The topological polar surface area (TPSA) is 21.3 Å². The maximum Gasteiger partial charge on any atom is 0.129 e. The van der Waals surface area contributed by atoms with Crippen molar-refractivity contribution in [3.8, 4) is 0 Å². The highest BCUT2D eigenvalue weighted by Crippen LogP contribution is 2.21. The van der Waals surface area contributed by atoms with E-state index in [-0.39, 0.29) is 17.5 Å². The van der Waals surface area contributed by atoms with E-state index in [4.69, 9.17) is 4.74 Å². The summed E-state index contributed by atoms with van der Waals surface area (Å²) in [6.45, 7) is 9.58. The SMILES string of the molecule is CCCOC(CNC(C)(C)C)c1ccccc1F. The van der Waals surface area contributed by atoms with Gasteiger partial charge in [-0.25, -0.2) is 4.39 Å². The van der Waals surface area contributed by atoms with E-state index >= 15 is 0 Å². The van der Waals surface area contributed by atoms with Gasteiger partial charge < -0.3 is 10.1 Å². The highest BCUT2D eigenvalue weighted by Gasteiger charge is 2.18. The quantitative estimate of drug-likeness (QED) is 0.835. The lowest BCUT2D eigenvalue weighted by Crippen LogP contribution is -2.39. The van der Waals surface area contributed by atoms with Gasteiger partial charge in [0, 0.05) is 24.3 Å². The average Bonchev–Trinajstić information content (AvgIpc) is 2.29. The molecule has 18 heavy (non-hydrogen) atoms. The standard InChI is InChI=1S/C15H24FNO/c1-5-10-18-14(11-17-15(2,3)4)12-8-6-7-9-13(12)16/h6-9,14,17H,5,10-11H2,1-4H3. The summed E-state index contributed by atoms with van der Waals surface area (Å²) in [6, 6.07) is 6.82. The van der Waals surface area contributed by atoms with Gasteiger partial charge >= 0.3 is 0 Å². The van der Waals surface area contributed by atoms with Crippen molar-refractivity contribution in [3.63, 3.8) is 0 Å². The Morgan fingerprint density at radius 1 is 1.28 bits per heavy atom. The number of hydrogen-bond acceptors (Lipinski definition) is 2. The molecular weight excluding hydrogens is 229 g/mol. The molecule has 0 aliphatic carbocycles. The van der Waals surface area contributed by atoms with Crippen molar-refractivity contribution in [2.75, 3.05) is 13.2 Å². The van der Waals surface area contributed by atoms with Crippen LogP contribution in [0.5, 0.6) is 0 Å². The number of halogens is 1. The molecule has 1 rings (SSSR count). The Kier molecular flexibility index (Phi) is 5.76. The lowest BCUT2D eigenvalue weighted by Gasteiger charge is -2.26. The Labute approximate surface area is 110 Å². The third kappa shape index (κ3) is 5.15. The molecule has 0 aliphatic heterocycles. The number of hydrogen-bond donors (Lipinski definition) is 1. The summed E-state index contributed by atoms with van der Waals surface area (Å²) in [5.74, 6) is -0.200. The highest BCUT2D eigenvalue weighted by atomic mass is 19.1. The van der Waals surface area contributed by atoms with E-state index in [1.807, 2.05) is 6.07 Å². The van der Waals surface area contributed by atoms with E-state index in [9.17, 15) is 4.39 Å². The first-order valence-electron chi connectivity index (χ1n) is 6.55. The van der Waals surface area contributed by atoms with Crippen LogP contribution in [0.25, 0.3) is 0 Å². The monoisotopic (exact) mass is 253 g/mol. The third-order valence-corrected chi connectivity index (χ3v) is 2.59. The van der Waals surface area contributed by atoms with Gasteiger partial charge in [0.2, 0.25) is 0 Å². The van der Waals surface area contributed by atoms with Crippen molar-refractivity contribution < 1.29 is 9.13 Å². The van der Waals surface area contributed by atoms with Crippen LogP contribution in [-0.2, 0) is 4.74 Å². The van der Waals surface area contributed by atoms with Crippen molar-refractivity contribution in [3.05, 3.63) is 35.6 Å². The molecule has 0 heterocycles. The van der Waals surface area contributed by atoms with Gasteiger partial charge in [-0.2, -0.15) is 0 Å². The normalized spacial score (nSPS) is 13.6. The minimum absolute atomic E-state index is 0.000912. The molecule has 0 saturated heterocycles. The molecule has 1 atom stereocenters. The molecular formula is C15H24FNO. The second-order valence-corrected chi connectivity index (χ2v) is 5.51. The van der Waals surface area contributed by atoms with Crippen LogP contribution in [0.1, 0.15) is 45.8 Å². The first-order chi connectivity index (χ1) is 8.44. The molecule has 1 N–H and O–H groups in total. The summed E-state index contributed by atoms with van der Waals surface area (Å²) >= 11 is 0. The van der Waals surface area contributed by atoms with Gasteiger partial charge in [0.05, 0.1) is 6.10 Å². The second kappa shape index (κ2) is 6.86. The van der Waals surface area contributed by atoms with E-state index in [0.717, 1.165) is 6.42 Å². The Hall–Kier alpha value is -0.930. The molecule has 0 spiro atoms. The molecule has 3 heteroatoms. The molecule has 0 aromatic heterocycles. The van der Waals surface area contributed by atoms with E-state index in [2.05, 4.69) is 33.0 Å². The third-order valence-electron chi connectivity index (χ3n) is 2.59. The summed E-state index contributed by atoms with van der Waals surface area (Å²) in [6.07, 6.45) is 0.700. The maximum atomic E-state index is 13.8. The van der Waals surface area contributed by atoms with Crippen LogP contribution in [0.15, 0.2) is 24.3 Å². The first-order valence-corrected chi connectivity index (χ1v) is 6.55. The van der Waals surface area contributed by atoms with Crippen LogP contribution >= 0.6 is 0 Å². The fourth-order valence-corrected chi connectivity index (χ4v) is 1.65. The smallest absolute Gasteiger partial charge is 0.129 e. The highest BCUT2D eigenvalue weighted by molar-refractivity contribution is 5.20. The largest absolute Gasteiger partial charge is 0.372 e. The summed E-state index contributed by atoms with van der Waals surface area (Å²) in [5.41, 5.74) is 0.627. The maximum absolute atomic E-state index is 13.8. The van der Waals surface area contributed by atoms with E-state index in [1.165, 1.54) is 6.07 Å². The zero-order valence-corrected chi connectivity index (χ0v) is 11.8. The molecule has 1 aromatic rings. The molecule has 0 bridgehead atoms. The van der Waals surface area contributed by atoms with Gasteiger partial charge in [0.25, 0.3) is 0 Å². The van der Waals surface area contributed by atoms with Crippen LogP contribution in [0.2, 0.25) is 0 Å². The minimum atomic E-state index is -0.231. The number of benzene rings is 1. The van der Waals surface area contributed by atoms with Crippen LogP contribution in [0, 0.1) is 5.82 Å².